The average Bonchev–Trinajstić information content (AvgIpc) is 2.95. The monoisotopic (exact) mass is 231 g/mol. The minimum Gasteiger partial charge on any atom is -0.329 e. The van der Waals surface area contributed by atoms with Crippen molar-refractivity contribution in [1.82, 2.24) is 9.88 Å². The standard InChI is InChI=1S/C14H21N3/c1-11-5-6-15-14(9-11)17(8-7-16(3)4)13-10-12(13)2/h5-6,9H,7-8,10H2,1-4H3. The second-order valence-corrected chi connectivity index (χ2v) is 5.05. The van der Waals surface area contributed by atoms with Crippen LogP contribution in [0.5, 0.6) is 0 Å². The summed E-state index contributed by atoms with van der Waals surface area (Å²) in [6.45, 7) is 6.37. The lowest BCUT2D eigenvalue weighted by atomic mass is 10.3. The second-order valence-electron chi connectivity index (χ2n) is 5.05. The summed E-state index contributed by atoms with van der Waals surface area (Å²) in [6, 6.07) is 4.20. The van der Waals surface area contributed by atoms with Gasteiger partial charge >= 0.3 is 0 Å². The summed E-state index contributed by atoms with van der Waals surface area (Å²) in [5, 5.41) is 0. The van der Waals surface area contributed by atoms with Crippen LogP contribution in [0.3, 0.4) is 0 Å². The lowest BCUT2D eigenvalue weighted by Crippen LogP contribution is -2.29. The maximum Gasteiger partial charge on any atom is 0.132 e. The van der Waals surface area contributed by atoms with Gasteiger partial charge in [-0.3, -0.25) is 0 Å². The van der Waals surface area contributed by atoms with Crippen LogP contribution in [0.2, 0.25) is 0 Å². The molecular weight excluding hydrogens is 210 g/mol. The third kappa shape index (κ3) is 3.07. The highest BCUT2D eigenvalue weighted by molar-refractivity contribution is 5.55. The van der Waals surface area contributed by atoms with Gasteiger partial charge in [-0.1, -0.05) is 0 Å². The van der Waals surface area contributed by atoms with Crippen LogP contribution in [0.1, 0.15) is 18.9 Å². The van der Waals surface area contributed by atoms with Crippen LogP contribution in [0, 0.1) is 6.92 Å². The predicted molar refractivity (Wildman–Crippen MR) is 72.2 cm³/mol. The van der Waals surface area contributed by atoms with Gasteiger partial charge < -0.3 is 9.80 Å². The van der Waals surface area contributed by atoms with Crippen molar-refractivity contribution in [1.29, 1.82) is 0 Å². The molecule has 0 saturated carbocycles. The fraction of sp³-hybridized carbons (Fsp3) is 0.500. The van der Waals surface area contributed by atoms with Crippen LogP contribution in [0.15, 0.2) is 29.6 Å². The van der Waals surface area contributed by atoms with Crippen LogP contribution in [0.25, 0.3) is 0 Å². The highest BCUT2D eigenvalue weighted by Crippen LogP contribution is 2.35. The molecule has 0 saturated heterocycles. The molecule has 0 aliphatic heterocycles. The maximum absolute atomic E-state index is 4.49. The number of allylic oxidation sites excluding steroid dienone is 2. The Morgan fingerprint density at radius 1 is 1.24 bits per heavy atom. The highest BCUT2D eigenvalue weighted by Gasteiger charge is 2.25. The Bertz CT molecular complexity index is 435. The Labute approximate surface area is 104 Å². The zero-order chi connectivity index (χ0) is 12.4. The number of pyridine rings is 1. The largest absolute Gasteiger partial charge is 0.329 e. The second kappa shape index (κ2) is 4.88. The van der Waals surface area contributed by atoms with E-state index in [4.69, 9.17) is 0 Å². The average molecular weight is 231 g/mol. The summed E-state index contributed by atoms with van der Waals surface area (Å²) < 4.78 is 0. The number of aryl methyl sites for hydroxylation is 1. The molecule has 92 valence electrons. The third-order valence-corrected chi connectivity index (χ3v) is 3.07. The molecule has 1 aromatic heterocycles. The van der Waals surface area contributed by atoms with Crippen molar-refractivity contribution >= 4 is 5.82 Å². The van der Waals surface area contributed by atoms with E-state index >= 15 is 0 Å². The molecule has 0 atom stereocenters. The van der Waals surface area contributed by atoms with Gasteiger partial charge in [0.05, 0.1) is 0 Å². The number of hydrogen-bond acceptors (Lipinski definition) is 3. The van der Waals surface area contributed by atoms with E-state index in [1.165, 1.54) is 16.8 Å². The summed E-state index contributed by atoms with van der Waals surface area (Å²) in [6.07, 6.45) is 3.04. The molecule has 0 amide bonds. The smallest absolute Gasteiger partial charge is 0.132 e. The van der Waals surface area contributed by atoms with E-state index in [-0.39, 0.29) is 0 Å². The SMILES string of the molecule is CC1=C(N(CCN(C)C)c2cc(C)ccn2)C1. The molecule has 3 heteroatoms. The van der Waals surface area contributed by atoms with Crippen LogP contribution >= 0.6 is 0 Å². The summed E-state index contributed by atoms with van der Waals surface area (Å²) in [5.74, 6) is 1.08. The molecule has 1 aliphatic rings. The third-order valence-electron chi connectivity index (χ3n) is 3.07. The topological polar surface area (TPSA) is 19.4 Å². The molecule has 1 aromatic rings. The van der Waals surface area contributed by atoms with Gasteiger partial charge in [-0.25, -0.2) is 4.98 Å². The first-order valence-electron chi connectivity index (χ1n) is 6.11. The lowest BCUT2D eigenvalue weighted by Gasteiger charge is -2.23. The van der Waals surface area contributed by atoms with Crippen molar-refractivity contribution in [3.05, 3.63) is 35.2 Å². The minimum atomic E-state index is 1.01. The summed E-state index contributed by atoms with van der Waals surface area (Å²) in [5.41, 5.74) is 4.21. The summed E-state index contributed by atoms with van der Waals surface area (Å²) >= 11 is 0. The van der Waals surface area contributed by atoms with E-state index in [1.807, 2.05) is 12.3 Å². The molecule has 1 heterocycles. The van der Waals surface area contributed by atoms with E-state index < -0.39 is 0 Å². The van der Waals surface area contributed by atoms with E-state index in [0.29, 0.717) is 0 Å². The van der Waals surface area contributed by atoms with Crippen molar-refractivity contribution in [2.75, 3.05) is 32.1 Å². The zero-order valence-corrected chi connectivity index (χ0v) is 11.2. The molecule has 0 radical (unpaired) electrons. The molecular formula is C14H21N3. The van der Waals surface area contributed by atoms with Gasteiger partial charge in [-0.2, -0.15) is 0 Å². The van der Waals surface area contributed by atoms with Crippen molar-refractivity contribution in [2.24, 2.45) is 0 Å². The van der Waals surface area contributed by atoms with Crippen LogP contribution < -0.4 is 4.90 Å². The van der Waals surface area contributed by atoms with Gasteiger partial charge in [0.2, 0.25) is 0 Å². The molecule has 1 aliphatic carbocycles. The van der Waals surface area contributed by atoms with Gasteiger partial charge in [-0.15, -0.1) is 0 Å². The molecule has 2 rings (SSSR count). The lowest BCUT2D eigenvalue weighted by molar-refractivity contribution is 0.417. The number of hydrogen-bond donors (Lipinski definition) is 0. The Balaban J connectivity index is 2.16. The molecule has 0 fully saturated rings. The van der Waals surface area contributed by atoms with Crippen molar-refractivity contribution in [2.45, 2.75) is 20.3 Å². The number of aromatic nitrogens is 1. The van der Waals surface area contributed by atoms with Gasteiger partial charge in [0.15, 0.2) is 0 Å². The molecule has 0 unspecified atom stereocenters. The first-order chi connectivity index (χ1) is 8.08. The van der Waals surface area contributed by atoms with Crippen LogP contribution in [-0.2, 0) is 0 Å². The fourth-order valence-electron chi connectivity index (χ4n) is 1.89. The first-order valence-corrected chi connectivity index (χ1v) is 6.11. The minimum absolute atomic E-state index is 1.01. The Morgan fingerprint density at radius 3 is 2.47 bits per heavy atom. The van der Waals surface area contributed by atoms with E-state index in [2.05, 4.69) is 48.8 Å². The number of anilines is 1. The van der Waals surface area contributed by atoms with E-state index in [9.17, 15) is 0 Å². The van der Waals surface area contributed by atoms with E-state index in [1.54, 1.807) is 0 Å². The van der Waals surface area contributed by atoms with Crippen molar-refractivity contribution < 1.29 is 0 Å². The highest BCUT2D eigenvalue weighted by atomic mass is 15.2. The van der Waals surface area contributed by atoms with Gasteiger partial charge in [-0.05, 0) is 51.2 Å². The maximum atomic E-state index is 4.49. The van der Waals surface area contributed by atoms with Gasteiger partial charge in [0, 0.05) is 31.4 Å². The first kappa shape index (κ1) is 12.1. The Hall–Kier alpha value is -1.35. The quantitative estimate of drug-likeness (QED) is 0.776. The van der Waals surface area contributed by atoms with Crippen molar-refractivity contribution in [3.8, 4) is 0 Å². The Morgan fingerprint density at radius 2 is 1.94 bits per heavy atom. The zero-order valence-electron chi connectivity index (χ0n) is 11.2. The van der Waals surface area contributed by atoms with E-state index in [0.717, 1.165) is 25.3 Å². The predicted octanol–water partition coefficient (Wildman–Crippen LogP) is 2.44. The molecule has 0 aromatic carbocycles. The normalized spacial score (nSPS) is 14.4. The van der Waals surface area contributed by atoms with Gasteiger partial charge in [0.25, 0.3) is 0 Å². The van der Waals surface area contributed by atoms with Crippen LogP contribution in [0.4, 0.5) is 5.82 Å². The molecule has 0 N–H and O–H groups in total. The fourth-order valence-corrected chi connectivity index (χ4v) is 1.89. The summed E-state index contributed by atoms with van der Waals surface area (Å²) in [4.78, 5) is 9.05. The number of likely N-dealkylation sites (N-methyl/N-ethyl adjacent to an activating group) is 1. The molecule has 0 spiro atoms. The molecule has 3 nitrogen and oxygen atoms in total. The number of rotatable bonds is 5. The number of nitrogens with zero attached hydrogens (tertiary/aromatic N) is 3. The summed E-state index contributed by atoms with van der Waals surface area (Å²) in [7, 11) is 4.21. The van der Waals surface area contributed by atoms with Crippen molar-refractivity contribution in [3.63, 3.8) is 0 Å². The molecule has 17 heavy (non-hydrogen) atoms. The van der Waals surface area contributed by atoms with Gasteiger partial charge in [0.1, 0.15) is 5.82 Å². The molecule has 0 bridgehead atoms. The Kier molecular flexibility index (Phi) is 3.48. The van der Waals surface area contributed by atoms with Crippen LogP contribution in [-0.4, -0.2) is 37.1 Å².